The van der Waals surface area contributed by atoms with Gasteiger partial charge in [-0.3, -0.25) is 0 Å². The van der Waals surface area contributed by atoms with E-state index in [4.69, 9.17) is 11.0 Å². The van der Waals surface area contributed by atoms with Crippen LogP contribution >= 0.6 is 0 Å². The zero-order valence-electron chi connectivity index (χ0n) is 9.18. The average Bonchev–Trinajstić information content (AvgIpc) is 2.11. The number of benzene rings is 1. The molecule has 0 amide bonds. The molecule has 1 aromatic rings. The molecule has 2 N–H and O–H groups in total. The van der Waals surface area contributed by atoms with Crippen molar-refractivity contribution in [2.24, 2.45) is 5.73 Å². The van der Waals surface area contributed by atoms with E-state index in [1.54, 1.807) is 6.92 Å². The summed E-state index contributed by atoms with van der Waals surface area (Å²) in [4.78, 5) is 0. The van der Waals surface area contributed by atoms with Gasteiger partial charge in [0.05, 0.1) is 6.07 Å². The molecule has 0 bridgehead atoms. The van der Waals surface area contributed by atoms with Gasteiger partial charge < -0.3 is 5.73 Å². The molecule has 0 aromatic heterocycles. The molecule has 1 unspecified atom stereocenters. The lowest BCUT2D eigenvalue weighted by molar-refractivity contribution is 0.640. The molecule has 2 heteroatoms. The lowest BCUT2D eigenvalue weighted by atomic mass is 9.88. The van der Waals surface area contributed by atoms with Crippen molar-refractivity contribution in [3.8, 4) is 6.07 Å². The minimum absolute atomic E-state index is 0.886. The Morgan fingerprint density at radius 1 is 1.14 bits per heavy atom. The maximum absolute atomic E-state index is 8.96. The van der Waals surface area contributed by atoms with E-state index in [-0.39, 0.29) is 0 Å². The van der Waals surface area contributed by atoms with Crippen LogP contribution in [0.4, 0.5) is 0 Å². The quantitative estimate of drug-likeness (QED) is 0.735. The lowest BCUT2D eigenvalue weighted by Crippen LogP contribution is -2.31. The number of aryl methyl sites for hydroxylation is 3. The van der Waals surface area contributed by atoms with E-state index in [1.807, 2.05) is 19.9 Å². The first-order chi connectivity index (χ1) is 6.38. The van der Waals surface area contributed by atoms with Crippen LogP contribution in [0.5, 0.6) is 0 Å². The molecule has 0 saturated heterocycles. The second-order valence-corrected chi connectivity index (χ2v) is 4.07. The van der Waals surface area contributed by atoms with E-state index in [0.717, 1.165) is 11.1 Å². The lowest BCUT2D eigenvalue weighted by Gasteiger charge is -2.20. The molecule has 0 fully saturated rings. The molecule has 2 nitrogen and oxygen atoms in total. The monoisotopic (exact) mass is 188 g/mol. The average molecular weight is 188 g/mol. The number of nitriles is 1. The van der Waals surface area contributed by atoms with E-state index < -0.39 is 5.54 Å². The maximum Gasteiger partial charge on any atom is 0.127 e. The third kappa shape index (κ3) is 1.78. The number of hydrogen-bond acceptors (Lipinski definition) is 2. The maximum atomic E-state index is 8.96. The largest absolute Gasteiger partial charge is 0.310 e. The summed E-state index contributed by atoms with van der Waals surface area (Å²) in [6, 6.07) is 6.21. The summed E-state index contributed by atoms with van der Waals surface area (Å²) in [5.41, 5.74) is 9.43. The number of nitrogens with zero attached hydrogens (tertiary/aromatic N) is 1. The van der Waals surface area contributed by atoms with Crippen LogP contribution in [0.2, 0.25) is 0 Å². The Morgan fingerprint density at radius 2 is 1.64 bits per heavy atom. The van der Waals surface area contributed by atoms with Crippen LogP contribution in [0, 0.1) is 32.1 Å². The van der Waals surface area contributed by atoms with Crippen molar-refractivity contribution in [3.63, 3.8) is 0 Å². The van der Waals surface area contributed by atoms with Crippen LogP contribution in [0.3, 0.4) is 0 Å². The van der Waals surface area contributed by atoms with Gasteiger partial charge in [0.25, 0.3) is 0 Å². The van der Waals surface area contributed by atoms with Gasteiger partial charge in [-0.1, -0.05) is 12.1 Å². The normalized spacial score (nSPS) is 14.6. The molecule has 0 aliphatic heterocycles. The summed E-state index contributed by atoms with van der Waals surface area (Å²) in [5, 5.41) is 8.96. The van der Waals surface area contributed by atoms with Crippen molar-refractivity contribution < 1.29 is 0 Å². The fourth-order valence-corrected chi connectivity index (χ4v) is 1.58. The first-order valence-electron chi connectivity index (χ1n) is 4.67. The van der Waals surface area contributed by atoms with Gasteiger partial charge >= 0.3 is 0 Å². The van der Waals surface area contributed by atoms with E-state index >= 15 is 0 Å². The molecule has 0 saturated carbocycles. The molecule has 0 radical (unpaired) electrons. The summed E-state index contributed by atoms with van der Waals surface area (Å²) in [7, 11) is 0. The highest BCUT2D eigenvalue weighted by atomic mass is 14.7. The third-order valence-corrected chi connectivity index (χ3v) is 2.63. The Morgan fingerprint density at radius 3 is 2.14 bits per heavy atom. The summed E-state index contributed by atoms with van der Waals surface area (Å²) < 4.78 is 0. The van der Waals surface area contributed by atoms with Crippen molar-refractivity contribution in [3.05, 3.63) is 34.4 Å². The van der Waals surface area contributed by atoms with Gasteiger partial charge in [-0.05, 0) is 49.9 Å². The fourth-order valence-electron chi connectivity index (χ4n) is 1.58. The van der Waals surface area contributed by atoms with E-state index in [2.05, 4.69) is 19.1 Å². The molecule has 1 atom stereocenters. The van der Waals surface area contributed by atoms with Gasteiger partial charge in [-0.25, -0.2) is 0 Å². The predicted molar refractivity (Wildman–Crippen MR) is 57.8 cm³/mol. The fraction of sp³-hybridized carbons (Fsp3) is 0.417. The summed E-state index contributed by atoms with van der Waals surface area (Å²) in [6.45, 7) is 7.83. The Balaban J connectivity index is 3.38. The van der Waals surface area contributed by atoms with E-state index in [0.29, 0.717) is 0 Å². The van der Waals surface area contributed by atoms with Crippen molar-refractivity contribution >= 4 is 0 Å². The highest BCUT2D eigenvalue weighted by Crippen LogP contribution is 2.24. The summed E-state index contributed by atoms with van der Waals surface area (Å²) >= 11 is 0. The van der Waals surface area contributed by atoms with Crippen LogP contribution in [0.15, 0.2) is 12.1 Å². The topological polar surface area (TPSA) is 49.8 Å². The number of rotatable bonds is 1. The van der Waals surface area contributed by atoms with Gasteiger partial charge in [0, 0.05) is 0 Å². The van der Waals surface area contributed by atoms with Gasteiger partial charge in [-0.2, -0.15) is 5.26 Å². The Hall–Kier alpha value is -1.33. The third-order valence-electron chi connectivity index (χ3n) is 2.63. The zero-order chi connectivity index (χ0) is 10.9. The molecule has 1 aromatic carbocycles. The molecule has 14 heavy (non-hydrogen) atoms. The SMILES string of the molecule is Cc1cc(C)c(C(C)(N)C#N)cc1C. The molecule has 74 valence electrons. The second kappa shape index (κ2) is 3.43. The Kier molecular flexibility index (Phi) is 2.64. The number of nitrogens with two attached hydrogens (primary N) is 1. The molecule has 0 aliphatic carbocycles. The summed E-state index contributed by atoms with van der Waals surface area (Å²) in [5.74, 6) is 0. The minimum atomic E-state index is -0.886. The molecular formula is C12H16N2. The first-order valence-corrected chi connectivity index (χ1v) is 4.67. The number of hydrogen-bond donors (Lipinski definition) is 1. The van der Waals surface area contributed by atoms with Crippen LogP contribution in [-0.2, 0) is 5.54 Å². The summed E-state index contributed by atoms with van der Waals surface area (Å²) in [6.07, 6.45) is 0. The van der Waals surface area contributed by atoms with Crippen LogP contribution in [0.1, 0.15) is 29.2 Å². The minimum Gasteiger partial charge on any atom is -0.310 e. The van der Waals surface area contributed by atoms with Crippen LogP contribution in [0.25, 0.3) is 0 Å². The predicted octanol–water partition coefficient (Wildman–Crippen LogP) is 2.31. The smallest absolute Gasteiger partial charge is 0.127 e. The van der Waals surface area contributed by atoms with Gasteiger partial charge in [0.15, 0.2) is 0 Å². The Labute approximate surface area is 85.4 Å². The van der Waals surface area contributed by atoms with Crippen molar-refractivity contribution in [1.29, 1.82) is 5.26 Å². The van der Waals surface area contributed by atoms with Crippen molar-refractivity contribution in [2.45, 2.75) is 33.2 Å². The van der Waals surface area contributed by atoms with Gasteiger partial charge in [0.2, 0.25) is 0 Å². The van der Waals surface area contributed by atoms with Crippen LogP contribution < -0.4 is 5.73 Å². The molecule has 1 rings (SSSR count). The van der Waals surface area contributed by atoms with E-state index in [9.17, 15) is 0 Å². The first kappa shape index (κ1) is 10.7. The highest BCUT2D eigenvalue weighted by molar-refractivity contribution is 5.42. The molecule has 0 spiro atoms. The standard InChI is InChI=1S/C12H16N2/c1-8-5-10(3)11(6-9(8)2)12(4,14)7-13/h5-6H,14H2,1-4H3. The van der Waals surface area contributed by atoms with Crippen molar-refractivity contribution in [1.82, 2.24) is 0 Å². The van der Waals surface area contributed by atoms with Gasteiger partial charge in [-0.15, -0.1) is 0 Å². The second-order valence-electron chi connectivity index (χ2n) is 4.07. The van der Waals surface area contributed by atoms with Crippen LogP contribution in [-0.4, -0.2) is 0 Å². The van der Waals surface area contributed by atoms with Crippen molar-refractivity contribution in [2.75, 3.05) is 0 Å². The van der Waals surface area contributed by atoms with E-state index in [1.165, 1.54) is 11.1 Å². The zero-order valence-corrected chi connectivity index (χ0v) is 9.18. The molecular weight excluding hydrogens is 172 g/mol. The molecule has 0 heterocycles. The van der Waals surface area contributed by atoms with Gasteiger partial charge in [0.1, 0.15) is 5.54 Å². The molecule has 0 aliphatic rings. The highest BCUT2D eigenvalue weighted by Gasteiger charge is 2.22. The Bertz CT molecular complexity index is 398.